The Labute approximate surface area is 148 Å². The molecule has 1 saturated heterocycles. The number of anilines is 1. The van der Waals surface area contributed by atoms with Gasteiger partial charge in [-0.05, 0) is 18.1 Å². The third-order valence-electron chi connectivity index (χ3n) is 4.23. The number of hydrogen-bond acceptors (Lipinski definition) is 5. The number of hydrogen-bond donors (Lipinski definition) is 1. The lowest BCUT2D eigenvalue weighted by Gasteiger charge is -2.39. The van der Waals surface area contributed by atoms with E-state index in [0.29, 0.717) is 12.1 Å². The van der Waals surface area contributed by atoms with E-state index < -0.39 is 11.9 Å². The van der Waals surface area contributed by atoms with Crippen LogP contribution in [0, 0.1) is 5.92 Å². The van der Waals surface area contributed by atoms with Crippen molar-refractivity contribution in [3.05, 3.63) is 36.3 Å². The number of piperazine rings is 1. The summed E-state index contributed by atoms with van der Waals surface area (Å²) in [6.45, 7) is 4.20. The quantitative estimate of drug-likeness (QED) is 0.905. The number of amides is 1. The molecule has 3 rings (SSSR count). The number of nitrogens with one attached hydrogen (secondary N) is 1. The van der Waals surface area contributed by atoms with Gasteiger partial charge >= 0.3 is 6.18 Å². The minimum atomic E-state index is -4.62. The van der Waals surface area contributed by atoms with Crippen molar-refractivity contribution in [1.82, 2.24) is 20.3 Å². The van der Waals surface area contributed by atoms with E-state index in [1.54, 1.807) is 17.0 Å². The predicted octanol–water partition coefficient (Wildman–Crippen LogP) is 2.52. The highest BCUT2D eigenvalue weighted by Crippen LogP contribution is 2.32. The number of alkyl halides is 3. The molecule has 1 N–H and O–H groups in total. The largest absolute Gasteiger partial charge is 0.433 e. The van der Waals surface area contributed by atoms with Gasteiger partial charge in [0.05, 0.1) is 12.6 Å². The molecule has 1 unspecified atom stereocenters. The van der Waals surface area contributed by atoms with Crippen LogP contribution in [0.3, 0.4) is 0 Å². The van der Waals surface area contributed by atoms with Crippen molar-refractivity contribution in [3.8, 4) is 11.4 Å². The van der Waals surface area contributed by atoms with Gasteiger partial charge in [-0.25, -0.2) is 9.97 Å². The third kappa shape index (κ3) is 3.76. The lowest BCUT2D eigenvalue weighted by molar-refractivity contribution is -0.141. The molecular formula is C17H18F3N5O. The molecule has 0 aromatic carbocycles. The van der Waals surface area contributed by atoms with E-state index in [0.717, 1.165) is 6.07 Å². The molecule has 6 nitrogen and oxygen atoms in total. The number of carbonyl (C=O) groups excluding carboxylic acids is 1. The Bertz CT molecular complexity index is 795. The minimum Gasteiger partial charge on any atom is -0.352 e. The average Bonchev–Trinajstić information content (AvgIpc) is 2.61. The van der Waals surface area contributed by atoms with Gasteiger partial charge in [-0.3, -0.25) is 9.78 Å². The smallest absolute Gasteiger partial charge is 0.352 e. The summed E-state index contributed by atoms with van der Waals surface area (Å²) in [6.07, 6.45) is -1.70. The SMILES string of the molecule is CC(C)C1CNC(=O)CN1c1cc(C(F)(F)F)nc(-c2ccncc2)n1. The first kappa shape index (κ1) is 18.1. The summed E-state index contributed by atoms with van der Waals surface area (Å²) in [5.74, 6) is -0.0952. The Balaban J connectivity index is 2.12. The molecule has 1 aliphatic rings. The van der Waals surface area contributed by atoms with Crippen molar-refractivity contribution in [2.75, 3.05) is 18.0 Å². The minimum absolute atomic E-state index is 0.0487. The molecule has 0 radical (unpaired) electrons. The highest BCUT2D eigenvalue weighted by Gasteiger charge is 2.36. The lowest BCUT2D eigenvalue weighted by atomic mass is 10.0. The first-order valence-corrected chi connectivity index (χ1v) is 8.15. The van der Waals surface area contributed by atoms with Gasteiger partial charge in [-0.15, -0.1) is 0 Å². The summed E-state index contributed by atoms with van der Waals surface area (Å²) < 4.78 is 40.1. The predicted molar refractivity (Wildman–Crippen MR) is 89.2 cm³/mol. The van der Waals surface area contributed by atoms with Crippen LogP contribution in [0.1, 0.15) is 19.5 Å². The Kier molecular flexibility index (Phi) is 4.80. The normalized spacial score (nSPS) is 18.2. The summed E-state index contributed by atoms with van der Waals surface area (Å²) in [4.78, 5) is 25.3. The van der Waals surface area contributed by atoms with Gasteiger partial charge in [-0.1, -0.05) is 13.8 Å². The number of pyridine rings is 1. The number of aromatic nitrogens is 3. The van der Waals surface area contributed by atoms with E-state index in [1.807, 2.05) is 13.8 Å². The fraction of sp³-hybridized carbons (Fsp3) is 0.412. The molecule has 1 atom stereocenters. The highest BCUT2D eigenvalue weighted by atomic mass is 19.4. The molecule has 2 aromatic heterocycles. The molecule has 1 aliphatic heterocycles. The number of halogens is 3. The van der Waals surface area contributed by atoms with Crippen LogP contribution in [0.4, 0.5) is 19.0 Å². The average molecular weight is 365 g/mol. The molecule has 1 fully saturated rings. The lowest BCUT2D eigenvalue weighted by Crippen LogP contribution is -2.56. The second-order valence-electron chi connectivity index (χ2n) is 6.41. The highest BCUT2D eigenvalue weighted by molar-refractivity contribution is 5.82. The van der Waals surface area contributed by atoms with Crippen molar-refractivity contribution in [3.63, 3.8) is 0 Å². The van der Waals surface area contributed by atoms with Crippen molar-refractivity contribution in [1.29, 1.82) is 0 Å². The fourth-order valence-electron chi connectivity index (χ4n) is 2.86. The van der Waals surface area contributed by atoms with E-state index in [1.165, 1.54) is 12.4 Å². The summed E-state index contributed by atoms with van der Waals surface area (Å²) in [7, 11) is 0. The zero-order chi connectivity index (χ0) is 18.9. The zero-order valence-corrected chi connectivity index (χ0v) is 14.3. The maximum absolute atomic E-state index is 13.4. The number of nitrogens with zero attached hydrogens (tertiary/aromatic N) is 4. The van der Waals surface area contributed by atoms with Gasteiger partial charge in [0.1, 0.15) is 5.82 Å². The Morgan fingerprint density at radius 3 is 2.54 bits per heavy atom. The second-order valence-corrected chi connectivity index (χ2v) is 6.41. The van der Waals surface area contributed by atoms with Crippen LogP contribution in [0.5, 0.6) is 0 Å². The van der Waals surface area contributed by atoms with Gasteiger partial charge in [0, 0.05) is 30.6 Å². The molecule has 0 spiro atoms. The van der Waals surface area contributed by atoms with Crippen LogP contribution in [-0.2, 0) is 11.0 Å². The van der Waals surface area contributed by atoms with E-state index in [-0.39, 0.29) is 36.1 Å². The molecule has 3 heterocycles. The standard InChI is InChI=1S/C17H18F3N5O/c1-10(2)12-8-22-15(26)9-25(12)14-7-13(17(18,19)20)23-16(24-14)11-3-5-21-6-4-11/h3-7,10,12H,8-9H2,1-2H3,(H,22,26). The van der Waals surface area contributed by atoms with E-state index in [4.69, 9.17) is 0 Å². The van der Waals surface area contributed by atoms with Crippen molar-refractivity contribution < 1.29 is 18.0 Å². The van der Waals surface area contributed by atoms with E-state index in [9.17, 15) is 18.0 Å². The molecule has 0 aliphatic carbocycles. The molecule has 0 saturated carbocycles. The van der Waals surface area contributed by atoms with Crippen LogP contribution in [0.2, 0.25) is 0 Å². The molecule has 0 bridgehead atoms. The van der Waals surface area contributed by atoms with Gasteiger partial charge in [-0.2, -0.15) is 13.2 Å². The monoisotopic (exact) mass is 365 g/mol. The second kappa shape index (κ2) is 6.89. The van der Waals surface area contributed by atoms with Crippen LogP contribution in [0.25, 0.3) is 11.4 Å². The Morgan fingerprint density at radius 2 is 1.92 bits per heavy atom. The molecular weight excluding hydrogens is 347 g/mol. The number of carbonyl (C=O) groups is 1. The molecule has 9 heteroatoms. The fourth-order valence-corrected chi connectivity index (χ4v) is 2.86. The summed E-state index contributed by atoms with van der Waals surface area (Å²) in [5, 5.41) is 2.75. The van der Waals surface area contributed by atoms with Gasteiger partial charge in [0.15, 0.2) is 11.5 Å². The molecule has 2 aromatic rings. The van der Waals surface area contributed by atoms with Gasteiger partial charge in [0.25, 0.3) is 0 Å². The summed E-state index contributed by atoms with van der Waals surface area (Å²) in [5.41, 5.74) is -0.613. The summed E-state index contributed by atoms with van der Waals surface area (Å²) in [6, 6.07) is 3.83. The van der Waals surface area contributed by atoms with Crippen LogP contribution < -0.4 is 10.2 Å². The van der Waals surface area contributed by atoms with Crippen molar-refractivity contribution in [2.24, 2.45) is 5.92 Å². The first-order chi connectivity index (χ1) is 12.3. The Morgan fingerprint density at radius 1 is 1.23 bits per heavy atom. The Hall–Kier alpha value is -2.71. The van der Waals surface area contributed by atoms with E-state index >= 15 is 0 Å². The maximum Gasteiger partial charge on any atom is 0.433 e. The van der Waals surface area contributed by atoms with Crippen molar-refractivity contribution >= 4 is 11.7 Å². The number of rotatable bonds is 3. The molecule has 26 heavy (non-hydrogen) atoms. The van der Waals surface area contributed by atoms with E-state index in [2.05, 4.69) is 20.3 Å². The third-order valence-corrected chi connectivity index (χ3v) is 4.23. The molecule has 1 amide bonds. The first-order valence-electron chi connectivity index (χ1n) is 8.15. The maximum atomic E-state index is 13.4. The van der Waals surface area contributed by atoms with Crippen LogP contribution in [0.15, 0.2) is 30.6 Å². The van der Waals surface area contributed by atoms with Crippen LogP contribution in [-0.4, -0.2) is 40.0 Å². The topological polar surface area (TPSA) is 71.0 Å². The van der Waals surface area contributed by atoms with Gasteiger partial charge < -0.3 is 10.2 Å². The van der Waals surface area contributed by atoms with Gasteiger partial charge in [0.2, 0.25) is 5.91 Å². The van der Waals surface area contributed by atoms with Crippen molar-refractivity contribution in [2.45, 2.75) is 26.1 Å². The summed E-state index contributed by atoms with van der Waals surface area (Å²) >= 11 is 0. The zero-order valence-electron chi connectivity index (χ0n) is 14.3. The van der Waals surface area contributed by atoms with Crippen LogP contribution >= 0.6 is 0 Å². The molecule has 138 valence electrons.